The van der Waals surface area contributed by atoms with Crippen LogP contribution in [0.5, 0.6) is 0 Å². The third-order valence-electron chi connectivity index (χ3n) is 2.91. The number of nitrogens with one attached hydrogen (secondary N) is 1. The molecule has 2 aromatic rings. The molecule has 0 fully saturated rings. The van der Waals surface area contributed by atoms with E-state index < -0.39 is 0 Å². The molecule has 2 heterocycles. The number of hydrogen-bond donors (Lipinski definition) is 1. The second kappa shape index (κ2) is 5.38. The Hall–Kier alpha value is -1.26. The predicted molar refractivity (Wildman–Crippen MR) is 72.2 cm³/mol. The number of aromatic nitrogens is 2. The molecule has 0 aliphatic heterocycles. The zero-order chi connectivity index (χ0) is 12.3. The maximum Gasteiger partial charge on any atom is 0.124 e. The first-order valence-electron chi connectivity index (χ1n) is 5.82. The molecule has 0 aliphatic carbocycles. The SMILES string of the molecule is CCc1cnccc1-c1nc(C(C)NC)cs1. The van der Waals surface area contributed by atoms with E-state index in [1.165, 1.54) is 11.1 Å². The summed E-state index contributed by atoms with van der Waals surface area (Å²) in [5.74, 6) is 0. The molecule has 17 heavy (non-hydrogen) atoms. The molecule has 0 aliphatic rings. The van der Waals surface area contributed by atoms with Crippen molar-refractivity contribution in [2.24, 2.45) is 0 Å². The van der Waals surface area contributed by atoms with E-state index in [9.17, 15) is 0 Å². The molecule has 2 aromatic heterocycles. The minimum atomic E-state index is 0.298. The Morgan fingerprint density at radius 3 is 3.00 bits per heavy atom. The fourth-order valence-electron chi connectivity index (χ4n) is 1.67. The van der Waals surface area contributed by atoms with Crippen LogP contribution in [0.2, 0.25) is 0 Å². The molecule has 0 amide bonds. The van der Waals surface area contributed by atoms with Crippen molar-refractivity contribution in [2.75, 3.05) is 7.05 Å². The Bertz CT molecular complexity index is 493. The van der Waals surface area contributed by atoms with E-state index in [1.807, 2.05) is 25.5 Å². The Labute approximate surface area is 106 Å². The fraction of sp³-hybridized carbons (Fsp3) is 0.385. The van der Waals surface area contributed by atoms with Crippen LogP contribution in [0.1, 0.15) is 31.1 Å². The van der Waals surface area contributed by atoms with Gasteiger partial charge in [-0.05, 0) is 32.0 Å². The minimum Gasteiger partial charge on any atom is -0.312 e. The smallest absolute Gasteiger partial charge is 0.124 e. The van der Waals surface area contributed by atoms with Gasteiger partial charge in [-0.1, -0.05) is 6.92 Å². The molecule has 1 atom stereocenters. The van der Waals surface area contributed by atoms with Crippen molar-refractivity contribution >= 4 is 11.3 Å². The van der Waals surface area contributed by atoms with Crippen molar-refractivity contribution in [2.45, 2.75) is 26.3 Å². The van der Waals surface area contributed by atoms with E-state index in [1.54, 1.807) is 11.3 Å². The lowest BCUT2D eigenvalue weighted by Gasteiger charge is -2.06. The standard InChI is InChI=1S/C13H17N3S/c1-4-10-7-15-6-5-11(10)13-16-12(8-17-13)9(2)14-3/h5-9,14H,4H2,1-3H3. The second-order valence-corrected chi connectivity index (χ2v) is 4.83. The highest BCUT2D eigenvalue weighted by Gasteiger charge is 2.11. The van der Waals surface area contributed by atoms with E-state index in [-0.39, 0.29) is 0 Å². The van der Waals surface area contributed by atoms with Gasteiger partial charge >= 0.3 is 0 Å². The van der Waals surface area contributed by atoms with E-state index >= 15 is 0 Å². The largest absolute Gasteiger partial charge is 0.312 e. The Balaban J connectivity index is 2.37. The molecule has 0 spiro atoms. The van der Waals surface area contributed by atoms with Gasteiger partial charge < -0.3 is 5.32 Å². The third kappa shape index (κ3) is 2.53. The first-order valence-corrected chi connectivity index (χ1v) is 6.70. The summed E-state index contributed by atoms with van der Waals surface area (Å²) in [6, 6.07) is 2.35. The molecule has 1 unspecified atom stereocenters. The number of hydrogen-bond acceptors (Lipinski definition) is 4. The Morgan fingerprint density at radius 2 is 2.29 bits per heavy atom. The van der Waals surface area contributed by atoms with Gasteiger partial charge in [0.05, 0.1) is 5.69 Å². The molecule has 0 saturated heterocycles. The summed E-state index contributed by atoms with van der Waals surface area (Å²) in [5.41, 5.74) is 3.57. The third-order valence-corrected chi connectivity index (χ3v) is 3.81. The van der Waals surface area contributed by atoms with Crippen molar-refractivity contribution in [3.8, 4) is 10.6 Å². The topological polar surface area (TPSA) is 37.8 Å². The first-order chi connectivity index (χ1) is 8.26. The number of rotatable bonds is 4. The zero-order valence-electron chi connectivity index (χ0n) is 10.4. The molecule has 90 valence electrons. The van der Waals surface area contributed by atoms with Crippen LogP contribution in [0.3, 0.4) is 0 Å². The average molecular weight is 247 g/mol. The van der Waals surface area contributed by atoms with E-state index in [0.29, 0.717) is 6.04 Å². The summed E-state index contributed by atoms with van der Waals surface area (Å²) in [6.45, 7) is 4.26. The van der Waals surface area contributed by atoms with Crippen LogP contribution in [0, 0.1) is 0 Å². The summed E-state index contributed by atoms with van der Waals surface area (Å²) in [6.07, 6.45) is 4.74. The maximum absolute atomic E-state index is 4.69. The van der Waals surface area contributed by atoms with E-state index in [4.69, 9.17) is 0 Å². The first kappa shape index (κ1) is 12.2. The average Bonchev–Trinajstić information content (AvgIpc) is 2.87. The molecule has 4 heteroatoms. The molecule has 0 bridgehead atoms. The Morgan fingerprint density at radius 1 is 1.47 bits per heavy atom. The van der Waals surface area contributed by atoms with Crippen molar-refractivity contribution < 1.29 is 0 Å². The van der Waals surface area contributed by atoms with E-state index in [2.05, 4.69) is 34.5 Å². The highest BCUT2D eigenvalue weighted by molar-refractivity contribution is 7.13. The zero-order valence-corrected chi connectivity index (χ0v) is 11.2. The summed E-state index contributed by atoms with van der Waals surface area (Å²) in [5, 5.41) is 6.41. The molecule has 1 N–H and O–H groups in total. The van der Waals surface area contributed by atoms with Crippen molar-refractivity contribution in [1.29, 1.82) is 0 Å². The number of nitrogens with zero attached hydrogens (tertiary/aromatic N) is 2. The number of thiazole rings is 1. The molecular formula is C13H17N3S. The Kier molecular flexibility index (Phi) is 3.86. The summed E-state index contributed by atoms with van der Waals surface area (Å²) in [7, 11) is 1.95. The highest BCUT2D eigenvalue weighted by Crippen LogP contribution is 2.28. The van der Waals surface area contributed by atoms with Gasteiger partial charge in [0, 0.05) is 29.4 Å². The van der Waals surface area contributed by atoms with Gasteiger partial charge in [0.2, 0.25) is 0 Å². The minimum absolute atomic E-state index is 0.298. The second-order valence-electron chi connectivity index (χ2n) is 3.97. The lowest BCUT2D eigenvalue weighted by molar-refractivity contribution is 0.637. The van der Waals surface area contributed by atoms with Crippen LogP contribution in [0.25, 0.3) is 10.6 Å². The summed E-state index contributed by atoms with van der Waals surface area (Å²) < 4.78 is 0. The molecule has 0 saturated carbocycles. The predicted octanol–water partition coefficient (Wildman–Crippen LogP) is 3.05. The van der Waals surface area contributed by atoms with Gasteiger partial charge in [0.25, 0.3) is 0 Å². The van der Waals surface area contributed by atoms with Crippen LogP contribution in [0.4, 0.5) is 0 Å². The summed E-state index contributed by atoms with van der Waals surface area (Å²) >= 11 is 1.70. The monoisotopic (exact) mass is 247 g/mol. The van der Waals surface area contributed by atoms with Crippen LogP contribution in [-0.4, -0.2) is 17.0 Å². The molecule has 0 radical (unpaired) electrons. The van der Waals surface area contributed by atoms with Gasteiger partial charge in [0.15, 0.2) is 0 Å². The molecular weight excluding hydrogens is 230 g/mol. The van der Waals surface area contributed by atoms with Crippen molar-refractivity contribution in [3.63, 3.8) is 0 Å². The molecule has 3 nitrogen and oxygen atoms in total. The molecule has 2 rings (SSSR count). The van der Waals surface area contributed by atoms with Crippen LogP contribution in [-0.2, 0) is 6.42 Å². The normalized spacial score (nSPS) is 12.6. The number of pyridine rings is 1. The lowest BCUT2D eigenvalue weighted by atomic mass is 10.1. The van der Waals surface area contributed by atoms with Gasteiger partial charge in [-0.25, -0.2) is 4.98 Å². The van der Waals surface area contributed by atoms with Crippen LogP contribution < -0.4 is 5.32 Å². The maximum atomic E-state index is 4.69. The lowest BCUT2D eigenvalue weighted by Crippen LogP contribution is -2.12. The van der Waals surface area contributed by atoms with Crippen LogP contribution >= 0.6 is 11.3 Å². The highest BCUT2D eigenvalue weighted by atomic mass is 32.1. The van der Waals surface area contributed by atoms with Gasteiger partial charge in [-0.2, -0.15) is 0 Å². The van der Waals surface area contributed by atoms with Crippen molar-refractivity contribution in [3.05, 3.63) is 35.1 Å². The number of aryl methyl sites for hydroxylation is 1. The van der Waals surface area contributed by atoms with Crippen LogP contribution in [0.15, 0.2) is 23.8 Å². The van der Waals surface area contributed by atoms with Gasteiger partial charge in [-0.15, -0.1) is 11.3 Å². The quantitative estimate of drug-likeness (QED) is 0.902. The van der Waals surface area contributed by atoms with E-state index in [0.717, 1.165) is 17.1 Å². The van der Waals surface area contributed by atoms with Crippen molar-refractivity contribution in [1.82, 2.24) is 15.3 Å². The fourth-order valence-corrected chi connectivity index (χ4v) is 2.65. The molecule has 0 aromatic carbocycles. The van der Waals surface area contributed by atoms with Gasteiger partial charge in [-0.3, -0.25) is 4.98 Å². The summed E-state index contributed by atoms with van der Waals surface area (Å²) in [4.78, 5) is 8.85. The van der Waals surface area contributed by atoms with Gasteiger partial charge in [0.1, 0.15) is 5.01 Å².